The normalized spacial score (nSPS) is 15.3. The van der Waals surface area contributed by atoms with Crippen LogP contribution in [0.4, 0.5) is 51.2 Å². The summed E-state index contributed by atoms with van der Waals surface area (Å²) in [6.07, 6.45) is -1.33. The van der Waals surface area contributed by atoms with Crippen molar-refractivity contribution < 1.29 is 22.4 Å². The molecule has 0 saturated heterocycles. The Morgan fingerprint density at radius 2 is 1.83 bits per heavy atom. The average Bonchev–Trinajstić information content (AvgIpc) is 2.94. The van der Waals surface area contributed by atoms with Gasteiger partial charge in [-0.2, -0.15) is 18.2 Å². The van der Waals surface area contributed by atoms with Crippen LogP contribution in [0.25, 0.3) is 11.1 Å². The van der Waals surface area contributed by atoms with E-state index in [0.717, 1.165) is 41.3 Å². The predicted molar refractivity (Wildman–Crippen MR) is 152 cm³/mol. The van der Waals surface area contributed by atoms with Crippen LogP contribution in [0.2, 0.25) is 0 Å². The predicted octanol–water partition coefficient (Wildman–Crippen LogP) is 7.63. The van der Waals surface area contributed by atoms with Crippen LogP contribution in [-0.4, -0.2) is 28.3 Å². The van der Waals surface area contributed by atoms with Crippen LogP contribution in [0, 0.1) is 10.6 Å². The average molecular weight is 584 g/mol. The van der Waals surface area contributed by atoms with Gasteiger partial charge in [0.2, 0.25) is 5.95 Å². The number of fused-ring (bicyclic) bond motifs is 4. The number of halogens is 4. The Morgan fingerprint density at radius 1 is 1.00 bits per heavy atom. The van der Waals surface area contributed by atoms with E-state index in [9.17, 15) is 18.0 Å². The van der Waals surface area contributed by atoms with Gasteiger partial charge in [-0.1, -0.05) is 28.9 Å². The van der Waals surface area contributed by atoms with E-state index in [-0.39, 0.29) is 11.4 Å². The van der Waals surface area contributed by atoms with Crippen LogP contribution in [0.1, 0.15) is 18.4 Å². The van der Waals surface area contributed by atoms with Gasteiger partial charge < -0.3 is 21.3 Å². The molecule has 5 rings (SSSR count). The molecule has 0 saturated carbocycles. The number of anilines is 5. The first-order chi connectivity index (χ1) is 19.7. The number of amides is 2. The lowest BCUT2D eigenvalue weighted by molar-refractivity contribution is -0.137. The van der Waals surface area contributed by atoms with Crippen molar-refractivity contribution >= 4 is 45.6 Å². The molecule has 8 nitrogen and oxygen atoms in total. The van der Waals surface area contributed by atoms with E-state index in [0.29, 0.717) is 29.4 Å². The van der Waals surface area contributed by atoms with Gasteiger partial charge in [-0.3, -0.25) is 4.78 Å². The number of hydrogen-bond acceptors (Lipinski definition) is 6. The van der Waals surface area contributed by atoms with Crippen molar-refractivity contribution in [2.45, 2.75) is 23.9 Å². The fraction of sp³-hybridized carbons (Fsp3) is 0.179. The number of nitrogens with zero attached hydrogens (tertiary/aromatic N) is 2. The smallest absolute Gasteiger partial charge is 0.369 e. The topological polar surface area (TPSA) is 115 Å². The molecule has 4 aromatic rings. The van der Waals surface area contributed by atoms with Crippen molar-refractivity contribution in [3.05, 3.63) is 84.3 Å². The third-order valence-corrected chi connectivity index (χ3v) is 7.73. The molecule has 4 bridgehead atoms. The molecule has 0 aliphatic carbocycles. The van der Waals surface area contributed by atoms with E-state index in [4.69, 9.17) is 4.78 Å². The lowest BCUT2D eigenvalue weighted by Gasteiger charge is -2.14. The Balaban J connectivity index is 1.35. The van der Waals surface area contributed by atoms with Gasteiger partial charge in [0, 0.05) is 40.3 Å². The van der Waals surface area contributed by atoms with E-state index in [1.54, 1.807) is 12.3 Å². The van der Waals surface area contributed by atoms with Crippen LogP contribution in [0.3, 0.4) is 0 Å². The summed E-state index contributed by atoms with van der Waals surface area (Å²) in [5.41, 5.74) is 0.598. The zero-order chi connectivity index (χ0) is 29.0. The fourth-order valence-corrected chi connectivity index (χ4v) is 5.42. The van der Waals surface area contributed by atoms with Crippen molar-refractivity contribution in [3.63, 3.8) is 0 Å². The number of hydrogen-bond donors (Lipinski definition) is 5. The number of nitrogens with one attached hydrogen (secondary N) is 5. The van der Waals surface area contributed by atoms with Crippen molar-refractivity contribution in [2.24, 2.45) is 0 Å². The Kier molecular flexibility index (Phi) is 8.15. The maximum atomic E-state index is 15.1. The summed E-state index contributed by atoms with van der Waals surface area (Å²) in [5, 5.41) is 11.1. The number of carbonyl (C=O) groups is 1. The van der Waals surface area contributed by atoms with Crippen LogP contribution >= 0.6 is 0 Å². The van der Waals surface area contributed by atoms with Gasteiger partial charge in [-0.05, 0) is 66.9 Å². The van der Waals surface area contributed by atoms with Gasteiger partial charge in [-0.15, -0.1) is 0 Å². The number of rotatable bonds is 3. The lowest BCUT2D eigenvalue weighted by Crippen LogP contribution is -2.20. The zero-order valence-electron chi connectivity index (χ0n) is 21.5. The highest BCUT2D eigenvalue weighted by Gasteiger charge is 2.30. The molecule has 2 heterocycles. The van der Waals surface area contributed by atoms with E-state index in [1.165, 1.54) is 24.3 Å². The minimum absolute atomic E-state index is 0.0864. The number of carbonyl (C=O) groups excluding carboxylic acids is 1. The summed E-state index contributed by atoms with van der Waals surface area (Å²) in [7, 11) is -0.629. The molecule has 1 aliphatic rings. The van der Waals surface area contributed by atoms with Gasteiger partial charge in [0.15, 0.2) is 0 Å². The van der Waals surface area contributed by atoms with Crippen LogP contribution < -0.4 is 21.3 Å². The summed E-state index contributed by atoms with van der Waals surface area (Å²) >= 11 is 0. The van der Waals surface area contributed by atoms with E-state index < -0.39 is 34.3 Å². The number of benzene rings is 3. The highest BCUT2D eigenvalue weighted by atomic mass is 32.2. The van der Waals surface area contributed by atoms with Gasteiger partial charge in [0.1, 0.15) is 11.6 Å². The SMILES string of the molecule is N=S1CCCCNc2nc(ncc2-c2ccc(NC(=O)Nc3cccc(C(F)(F)F)c3)c(F)c2)Nc2cccc1c2. The maximum Gasteiger partial charge on any atom is 0.416 e. The first-order valence-electron chi connectivity index (χ1n) is 12.6. The van der Waals surface area contributed by atoms with Gasteiger partial charge in [-0.25, -0.2) is 14.2 Å². The molecule has 1 aromatic heterocycles. The largest absolute Gasteiger partial charge is 0.416 e. The second-order valence-corrected chi connectivity index (χ2v) is 10.9. The minimum atomic E-state index is -4.56. The monoisotopic (exact) mass is 583 g/mol. The number of aromatic nitrogens is 2. The second-order valence-electron chi connectivity index (χ2n) is 9.19. The molecule has 1 atom stereocenters. The molecule has 0 radical (unpaired) electrons. The highest BCUT2D eigenvalue weighted by molar-refractivity contribution is 7.86. The number of urea groups is 1. The quantitative estimate of drug-likeness (QED) is 0.159. The summed E-state index contributed by atoms with van der Waals surface area (Å²) < 4.78 is 62.4. The summed E-state index contributed by atoms with van der Waals surface area (Å²) in [6, 6.07) is 15.0. The third kappa shape index (κ3) is 6.98. The molecule has 5 N–H and O–H groups in total. The zero-order valence-corrected chi connectivity index (χ0v) is 22.3. The molecule has 0 spiro atoms. The van der Waals surface area contributed by atoms with Crippen LogP contribution in [-0.2, 0) is 16.9 Å². The van der Waals surface area contributed by atoms with E-state index in [2.05, 4.69) is 31.2 Å². The van der Waals surface area contributed by atoms with Crippen LogP contribution in [0.15, 0.2) is 77.8 Å². The molecule has 3 aromatic carbocycles. The Bertz CT molecular complexity index is 1610. The second kappa shape index (κ2) is 11.9. The van der Waals surface area contributed by atoms with Crippen LogP contribution in [0.5, 0.6) is 0 Å². The third-order valence-electron chi connectivity index (χ3n) is 6.21. The minimum Gasteiger partial charge on any atom is -0.369 e. The molecular formula is C28H25F4N7OS. The summed E-state index contributed by atoms with van der Waals surface area (Å²) in [4.78, 5) is 22.3. The Hall–Kier alpha value is -4.52. The first kappa shape index (κ1) is 28.0. The molecular weight excluding hydrogens is 558 g/mol. The van der Waals surface area contributed by atoms with Gasteiger partial charge in [0.25, 0.3) is 0 Å². The molecule has 2 amide bonds. The number of alkyl halides is 3. The highest BCUT2D eigenvalue weighted by Crippen LogP contribution is 2.32. The first-order valence-corrected chi connectivity index (χ1v) is 14.0. The molecule has 1 unspecified atom stereocenters. The Morgan fingerprint density at radius 3 is 2.63 bits per heavy atom. The van der Waals surface area contributed by atoms with Crippen molar-refractivity contribution in [2.75, 3.05) is 33.6 Å². The van der Waals surface area contributed by atoms with Crippen molar-refractivity contribution in [3.8, 4) is 11.1 Å². The molecule has 0 fully saturated rings. The van der Waals surface area contributed by atoms with Gasteiger partial charge in [0.05, 0.1) is 11.3 Å². The van der Waals surface area contributed by atoms with Crippen molar-refractivity contribution in [1.82, 2.24) is 9.97 Å². The fourth-order valence-electron chi connectivity index (χ4n) is 4.18. The maximum absolute atomic E-state index is 15.1. The van der Waals surface area contributed by atoms with Crippen molar-refractivity contribution in [1.29, 1.82) is 4.78 Å². The van der Waals surface area contributed by atoms with Gasteiger partial charge >= 0.3 is 12.2 Å². The molecule has 41 heavy (non-hydrogen) atoms. The summed E-state index contributed by atoms with van der Waals surface area (Å²) in [6.45, 7) is 0.593. The molecule has 212 valence electrons. The standard InChI is InChI=1S/C28H25F4N7OS/c29-23-13-17(9-10-24(23)38-27(40)37-19-6-3-5-18(14-19)28(30,31)32)22-16-35-26-36-20-7-4-8-21(15-20)41(33)12-2-1-11-34-25(22)39-26/h3-10,13-16,33H,1-2,11-12H2,(H2,37,38,40)(H2,34,35,36,39). The lowest BCUT2D eigenvalue weighted by atomic mass is 10.1. The Labute approximate surface area is 235 Å². The molecule has 1 aliphatic heterocycles. The summed E-state index contributed by atoms with van der Waals surface area (Å²) in [5.74, 6) is 0.815. The van der Waals surface area contributed by atoms with E-state index in [1.807, 2.05) is 24.3 Å². The van der Waals surface area contributed by atoms with E-state index >= 15 is 4.39 Å². The molecule has 13 heteroatoms.